The first-order chi connectivity index (χ1) is 35.6. The fourth-order valence-corrected chi connectivity index (χ4v) is 7.04. The fourth-order valence-electron chi connectivity index (χ4n) is 7.04. The van der Waals surface area contributed by atoms with E-state index in [1.807, 2.05) is 0 Å². The van der Waals surface area contributed by atoms with E-state index in [1.165, 1.54) is 67.3 Å². The Kier molecular flexibility index (Phi) is 20.3. The Morgan fingerprint density at radius 3 is 1.36 bits per heavy atom. The first-order valence-corrected chi connectivity index (χ1v) is 22.2. The maximum Gasteiger partial charge on any atom is 0.340 e. The number of carbonyl (C=O) groups is 11. The molecule has 75 heavy (non-hydrogen) atoms. The molecule has 2 aliphatic heterocycles. The van der Waals surface area contributed by atoms with E-state index in [2.05, 4.69) is 9.47 Å². The van der Waals surface area contributed by atoms with Gasteiger partial charge in [0, 0.05) is 76.9 Å². The van der Waals surface area contributed by atoms with E-state index >= 15 is 0 Å². The molecule has 2 aliphatic rings. The standard InChI is InChI=1S/C48H50N2O25/c1-27(51)64-23-68-43(57)19-49(20-44(58)69-24-65-28(2)52)11-12-62-13-14-63-42-18-38-35(17-39(42)50(21-45(59)70-25-66-29(3)53)22-46(60)71-26-67-30(4)54)47(61)75-48(38)36-9-7-33(72-31(5)55)15-40(36)74-41-16-34(73-32(6)56)8-10-37(41)48/h7-10,15-18H,11-14,19-26H2,1-6H3. The van der Waals surface area contributed by atoms with E-state index < -0.39 is 125 Å². The van der Waals surface area contributed by atoms with Crippen molar-refractivity contribution >= 4 is 71.3 Å². The second kappa shape index (κ2) is 26.7. The molecule has 0 fully saturated rings. The smallest absolute Gasteiger partial charge is 0.340 e. The normalized spacial score (nSPS) is 12.2. The Balaban J connectivity index is 1.54. The van der Waals surface area contributed by atoms with Crippen molar-refractivity contribution < 1.29 is 119 Å². The number of nitrogens with zero attached hydrogens (tertiary/aromatic N) is 2. The van der Waals surface area contributed by atoms with Crippen LogP contribution in [0.2, 0.25) is 0 Å². The van der Waals surface area contributed by atoms with E-state index in [0.717, 1.165) is 32.6 Å². The Hall–Kier alpha value is -8.85. The maximum atomic E-state index is 14.3. The third-order valence-electron chi connectivity index (χ3n) is 10.0. The lowest BCUT2D eigenvalue weighted by atomic mass is 9.77. The Bertz CT molecular complexity index is 2570. The molecule has 27 heteroatoms. The van der Waals surface area contributed by atoms with Crippen LogP contribution in [0.25, 0.3) is 0 Å². The molecule has 5 rings (SSSR count). The molecule has 0 saturated carbocycles. The zero-order valence-corrected chi connectivity index (χ0v) is 41.2. The minimum atomic E-state index is -1.88. The van der Waals surface area contributed by atoms with Gasteiger partial charge < -0.3 is 71.2 Å². The quantitative estimate of drug-likeness (QED) is 0.0364. The van der Waals surface area contributed by atoms with Gasteiger partial charge in [0.15, 0.2) is 5.60 Å². The predicted molar refractivity (Wildman–Crippen MR) is 243 cm³/mol. The van der Waals surface area contributed by atoms with Crippen molar-refractivity contribution in [3.63, 3.8) is 0 Å². The topological polar surface area (TPSA) is 323 Å². The molecule has 0 saturated heterocycles. The van der Waals surface area contributed by atoms with Crippen LogP contribution >= 0.6 is 0 Å². The maximum absolute atomic E-state index is 14.3. The van der Waals surface area contributed by atoms with Gasteiger partial charge in [-0.25, -0.2) is 4.79 Å². The lowest BCUT2D eigenvalue weighted by Crippen LogP contribution is -2.39. The van der Waals surface area contributed by atoms with Gasteiger partial charge in [0.05, 0.1) is 37.6 Å². The molecular formula is C48H50N2O25. The highest BCUT2D eigenvalue weighted by molar-refractivity contribution is 5.99. The molecule has 0 atom stereocenters. The van der Waals surface area contributed by atoms with Gasteiger partial charge in [0.1, 0.15) is 48.4 Å². The van der Waals surface area contributed by atoms with Crippen molar-refractivity contribution in [1.29, 1.82) is 0 Å². The van der Waals surface area contributed by atoms with Gasteiger partial charge >= 0.3 is 65.7 Å². The molecule has 0 aliphatic carbocycles. The average Bonchev–Trinajstić information content (AvgIpc) is 3.59. The van der Waals surface area contributed by atoms with Crippen molar-refractivity contribution in [2.24, 2.45) is 0 Å². The molecule has 2 heterocycles. The van der Waals surface area contributed by atoms with E-state index in [-0.39, 0.29) is 83.1 Å². The summed E-state index contributed by atoms with van der Waals surface area (Å²) < 4.78 is 73.9. The van der Waals surface area contributed by atoms with Crippen LogP contribution in [0.1, 0.15) is 68.6 Å². The number of carbonyl (C=O) groups excluding carboxylic acids is 11. The second-order valence-corrected chi connectivity index (χ2v) is 15.6. The molecule has 3 aromatic carbocycles. The van der Waals surface area contributed by atoms with Crippen LogP contribution in [-0.4, -0.2) is 150 Å². The summed E-state index contributed by atoms with van der Waals surface area (Å²) in [4.78, 5) is 137. The lowest BCUT2D eigenvalue weighted by molar-refractivity contribution is -0.170. The van der Waals surface area contributed by atoms with E-state index in [4.69, 9.17) is 56.8 Å². The number of anilines is 1. The first kappa shape index (κ1) is 57.1. The highest BCUT2D eigenvalue weighted by Gasteiger charge is 2.54. The molecule has 0 aromatic heterocycles. The van der Waals surface area contributed by atoms with Gasteiger partial charge in [0.25, 0.3) is 0 Å². The van der Waals surface area contributed by atoms with Gasteiger partial charge in [0.2, 0.25) is 27.2 Å². The summed E-state index contributed by atoms with van der Waals surface area (Å²) in [5.74, 6) is -9.05. The largest absolute Gasteiger partial charge is 0.489 e. The van der Waals surface area contributed by atoms with Crippen molar-refractivity contribution in [2.45, 2.75) is 47.1 Å². The molecule has 3 aromatic rings. The third-order valence-corrected chi connectivity index (χ3v) is 10.0. The molecule has 0 unspecified atom stereocenters. The summed E-state index contributed by atoms with van der Waals surface area (Å²) in [6.45, 7) is 0.294. The summed E-state index contributed by atoms with van der Waals surface area (Å²) in [5, 5.41) is 0. The molecule has 1 spiro atoms. The summed E-state index contributed by atoms with van der Waals surface area (Å²) >= 11 is 0. The van der Waals surface area contributed by atoms with E-state index in [1.54, 1.807) is 0 Å². The number of esters is 11. The van der Waals surface area contributed by atoms with Crippen molar-refractivity contribution in [3.8, 4) is 28.7 Å². The average molecular weight is 1050 g/mol. The SMILES string of the molecule is CC(=O)OCOC(=O)CN(CCOCCOc1cc2c(cc1N(CC(=O)OCOC(C)=O)CC(=O)OCOC(C)=O)C(=O)OC21c2ccc(OC(C)=O)cc2Oc2cc(OC(C)=O)ccc21)CC(=O)OCOC(C)=O. The zero-order valence-electron chi connectivity index (χ0n) is 41.2. The highest BCUT2D eigenvalue weighted by atomic mass is 16.7. The first-order valence-electron chi connectivity index (χ1n) is 22.2. The molecule has 0 radical (unpaired) electrons. The van der Waals surface area contributed by atoms with Gasteiger partial charge in [-0.2, -0.15) is 0 Å². The van der Waals surface area contributed by atoms with Crippen molar-refractivity contribution in [1.82, 2.24) is 4.90 Å². The van der Waals surface area contributed by atoms with Gasteiger partial charge in [-0.05, 0) is 36.4 Å². The third kappa shape index (κ3) is 16.6. The molecule has 27 nitrogen and oxygen atoms in total. The molecule has 0 N–H and O–H groups in total. The van der Waals surface area contributed by atoms with E-state index in [9.17, 15) is 52.7 Å². The van der Waals surface area contributed by atoms with E-state index in [0.29, 0.717) is 0 Å². The van der Waals surface area contributed by atoms with Crippen LogP contribution in [0, 0.1) is 0 Å². The molecule has 402 valence electrons. The van der Waals surface area contributed by atoms with Gasteiger partial charge in [-0.3, -0.25) is 52.8 Å². The molecular weight excluding hydrogens is 1000 g/mol. The number of hydrogen-bond acceptors (Lipinski definition) is 27. The number of benzene rings is 3. The van der Waals surface area contributed by atoms with Gasteiger partial charge in [-0.1, -0.05) is 0 Å². The second-order valence-electron chi connectivity index (χ2n) is 15.6. The minimum Gasteiger partial charge on any atom is -0.489 e. The number of ether oxygens (including phenoxy) is 14. The van der Waals surface area contributed by atoms with Crippen molar-refractivity contribution in [2.75, 3.05) is 84.6 Å². The molecule has 0 bridgehead atoms. The van der Waals surface area contributed by atoms with Crippen molar-refractivity contribution in [3.05, 3.63) is 70.8 Å². The summed E-state index contributed by atoms with van der Waals surface area (Å²) in [6.07, 6.45) is 0. The zero-order chi connectivity index (χ0) is 54.8. The predicted octanol–water partition coefficient (Wildman–Crippen LogP) is 1.86. The summed E-state index contributed by atoms with van der Waals surface area (Å²) in [7, 11) is 0. The van der Waals surface area contributed by atoms with Crippen LogP contribution in [0.15, 0.2) is 48.5 Å². The van der Waals surface area contributed by atoms with Crippen LogP contribution in [0.5, 0.6) is 28.7 Å². The number of hydrogen-bond donors (Lipinski definition) is 0. The Morgan fingerprint density at radius 2 is 0.933 bits per heavy atom. The van der Waals surface area contributed by atoms with Crippen LogP contribution in [0.4, 0.5) is 5.69 Å². The van der Waals surface area contributed by atoms with Crippen LogP contribution in [0.3, 0.4) is 0 Å². The Morgan fingerprint density at radius 1 is 0.493 bits per heavy atom. The van der Waals surface area contributed by atoms with Crippen LogP contribution in [-0.2, 0) is 101 Å². The lowest BCUT2D eigenvalue weighted by Gasteiger charge is -2.37. The number of fused-ring (bicyclic) bond motifs is 6. The summed E-state index contributed by atoms with van der Waals surface area (Å²) in [5.41, 5.74) is -1.59. The summed E-state index contributed by atoms with van der Waals surface area (Å²) in [6, 6.07) is 11.2. The molecule has 0 amide bonds. The number of rotatable bonds is 26. The monoisotopic (exact) mass is 1050 g/mol. The Labute approximate surface area is 425 Å². The fraction of sp³-hybridized carbons (Fsp3) is 0.396. The minimum absolute atomic E-state index is 0.0406. The van der Waals surface area contributed by atoms with Crippen LogP contribution < -0.4 is 23.8 Å². The van der Waals surface area contributed by atoms with Gasteiger partial charge in [-0.15, -0.1) is 0 Å². The highest BCUT2D eigenvalue weighted by Crippen LogP contribution is 2.58.